The van der Waals surface area contributed by atoms with Gasteiger partial charge >= 0.3 is 0 Å². The fourth-order valence-electron chi connectivity index (χ4n) is 2.28. The van der Waals surface area contributed by atoms with Crippen LogP contribution in [0.25, 0.3) is 0 Å². The fourth-order valence-corrected chi connectivity index (χ4v) is 2.28. The van der Waals surface area contributed by atoms with E-state index in [1.54, 1.807) is 6.07 Å². The molecule has 3 heteroatoms. The van der Waals surface area contributed by atoms with Gasteiger partial charge in [0.25, 0.3) is 0 Å². The van der Waals surface area contributed by atoms with Crippen LogP contribution in [0.2, 0.25) is 0 Å². The van der Waals surface area contributed by atoms with Crippen molar-refractivity contribution in [2.45, 2.75) is 13.3 Å². The van der Waals surface area contributed by atoms with Gasteiger partial charge in [0, 0.05) is 19.3 Å². The first-order valence-corrected chi connectivity index (χ1v) is 7.11. The molecule has 0 aromatic heterocycles. The fraction of sp³-hybridized carbons (Fsp3) is 0.278. The summed E-state index contributed by atoms with van der Waals surface area (Å²) in [6.45, 7) is 3.64. The van der Waals surface area contributed by atoms with Gasteiger partial charge in [0.1, 0.15) is 11.8 Å². The molecule has 2 rings (SSSR count). The molecule has 0 saturated heterocycles. The molecule has 0 aliphatic rings. The average molecular weight is 280 g/mol. The summed E-state index contributed by atoms with van der Waals surface area (Å²) in [6, 6.07) is 17.8. The molecule has 0 spiro atoms. The van der Waals surface area contributed by atoms with Crippen LogP contribution in [0.1, 0.15) is 17.5 Å². The lowest BCUT2D eigenvalue weighted by atomic mass is 10.2. The zero-order chi connectivity index (χ0) is 15.1. The minimum Gasteiger partial charge on any atom is -0.492 e. The van der Waals surface area contributed by atoms with Gasteiger partial charge in [0.05, 0.1) is 12.2 Å². The highest BCUT2D eigenvalue weighted by Gasteiger charge is 2.04. The molecule has 0 aliphatic carbocycles. The van der Waals surface area contributed by atoms with E-state index in [1.807, 2.05) is 18.2 Å². The number of aryl methyl sites for hydroxylation is 1. The summed E-state index contributed by atoms with van der Waals surface area (Å²) in [5.41, 5.74) is 3.11. The zero-order valence-corrected chi connectivity index (χ0v) is 12.5. The molecule has 0 saturated carbocycles. The van der Waals surface area contributed by atoms with Crippen LogP contribution in [0.4, 0.5) is 5.69 Å². The summed E-state index contributed by atoms with van der Waals surface area (Å²) < 4.78 is 5.70. The first-order chi connectivity index (χ1) is 10.2. The van der Waals surface area contributed by atoms with Crippen LogP contribution in [-0.2, 0) is 0 Å². The van der Waals surface area contributed by atoms with E-state index in [4.69, 9.17) is 10.00 Å². The molecule has 0 unspecified atom stereocenters. The Morgan fingerprint density at radius 3 is 2.57 bits per heavy atom. The normalized spacial score (nSPS) is 9.95. The molecular formula is C18H20N2O. The van der Waals surface area contributed by atoms with E-state index in [2.05, 4.69) is 49.2 Å². The van der Waals surface area contributed by atoms with Gasteiger partial charge in [-0.1, -0.05) is 30.3 Å². The maximum Gasteiger partial charge on any atom is 0.137 e. The van der Waals surface area contributed by atoms with Crippen LogP contribution >= 0.6 is 0 Å². The third kappa shape index (κ3) is 4.00. The van der Waals surface area contributed by atoms with Crippen LogP contribution in [0, 0.1) is 18.3 Å². The first-order valence-electron chi connectivity index (χ1n) is 7.11. The molecule has 0 radical (unpaired) electrons. The van der Waals surface area contributed by atoms with E-state index in [-0.39, 0.29) is 0 Å². The van der Waals surface area contributed by atoms with Gasteiger partial charge in [-0.05, 0) is 37.1 Å². The highest BCUT2D eigenvalue weighted by Crippen LogP contribution is 2.19. The largest absolute Gasteiger partial charge is 0.492 e. The number of benzene rings is 2. The van der Waals surface area contributed by atoms with Crippen molar-refractivity contribution < 1.29 is 4.74 Å². The molecular weight excluding hydrogens is 260 g/mol. The van der Waals surface area contributed by atoms with Crippen LogP contribution in [0.3, 0.4) is 0 Å². The van der Waals surface area contributed by atoms with Gasteiger partial charge in [0.15, 0.2) is 0 Å². The molecule has 0 bridgehead atoms. The average Bonchev–Trinajstić information content (AvgIpc) is 2.52. The van der Waals surface area contributed by atoms with Crippen molar-refractivity contribution in [3.63, 3.8) is 0 Å². The van der Waals surface area contributed by atoms with Crippen LogP contribution in [0.15, 0.2) is 48.5 Å². The second-order valence-corrected chi connectivity index (χ2v) is 5.02. The molecule has 21 heavy (non-hydrogen) atoms. The predicted octanol–water partition coefficient (Wildman–Crippen LogP) is 3.77. The third-order valence-corrected chi connectivity index (χ3v) is 3.43. The molecule has 0 heterocycles. The van der Waals surface area contributed by atoms with E-state index >= 15 is 0 Å². The number of para-hydroxylation sites is 2. The molecule has 0 N–H and O–H groups in total. The summed E-state index contributed by atoms with van der Waals surface area (Å²) in [4.78, 5) is 2.23. The number of hydrogen-bond acceptors (Lipinski definition) is 3. The molecule has 0 atom stereocenters. The Balaban J connectivity index is 1.83. The number of nitrogens with zero attached hydrogens (tertiary/aromatic N) is 2. The lowest BCUT2D eigenvalue weighted by Gasteiger charge is -2.21. The SMILES string of the molecule is Cc1ccccc1N(C)CCCOc1ccccc1C#N. The van der Waals surface area contributed by atoms with Crippen LogP contribution in [-0.4, -0.2) is 20.2 Å². The number of nitriles is 1. The minimum atomic E-state index is 0.588. The smallest absolute Gasteiger partial charge is 0.137 e. The monoisotopic (exact) mass is 280 g/mol. The topological polar surface area (TPSA) is 36.3 Å². The Morgan fingerprint density at radius 2 is 1.81 bits per heavy atom. The quantitative estimate of drug-likeness (QED) is 0.756. The molecule has 2 aromatic carbocycles. The van der Waals surface area contributed by atoms with Crippen LogP contribution in [0.5, 0.6) is 5.75 Å². The van der Waals surface area contributed by atoms with Crippen molar-refractivity contribution in [1.82, 2.24) is 0 Å². The number of hydrogen-bond donors (Lipinski definition) is 0. The second kappa shape index (κ2) is 7.35. The molecule has 2 aromatic rings. The van der Waals surface area contributed by atoms with Crippen molar-refractivity contribution >= 4 is 5.69 Å². The number of rotatable bonds is 6. The second-order valence-electron chi connectivity index (χ2n) is 5.02. The zero-order valence-electron chi connectivity index (χ0n) is 12.5. The Morgan fingerprint density at radius 1 is 1.10 bits per heavy atom. The van der Waals surface area contributed by atoms with Crippen molar-refractivity contribution in [1.29, 1.82) is 5.26 Å². The lowest BCUT2D eigenvalue weighted by Crippen LogP contribution is -2.21. The summed E-state index contributed by atoms with van der Waals surface area (Å²) in [5.74, 6) is 0.665. The maximum atomic E-state index is 9.00. The number of anilines is 1. The minimum absolute atomic E-state index is 0.588. The van der Waals surface area contributed by atoms with Gasteiger partial charge in [-0.3, -0.25) is 0 Å². The standard InChI is InChI=1S/C18H20N2O/c1-15-8-3-5-10-17(15)20(2)12-7-13-21-18-11-6-4-9-16(18)14-19/h3-6,8-11H,7,12-13H2,1-2H3. The lowest BCUT2D eigenvalue weighted by molar-refractivity contribution is 0.311. The molecule has 0 amide bonds. The van der Waals surface area contributed by atoms with E-state index in [1.165, 1.54) is 11.3 Å². The van der Waals surface area contributed by atoms with Crippen LogP contribution < -0.4 is 9.64 Å². The van der Waals surface area contributed by atoms with Gasteiger partial charge < -0.3 is 9.64 Å². The van der Waals surface area contributed by atoms with E-state index < -0.39 is 0 Å². The third-order valence-electron chi connectivity index (χ3n) is 3.43. The van der Waals surface area contributed by atoms with Gasteiger partial charge in [-0.25, -0.2) is 0 Å². The molecule has 3 nitrogen and oxygen atoms in total. The first kappa shape index (κ1) is 14.9. The highest BCUT2D eigenvalue weighted by molar-refractivity contribution is 5.52. The predicted molar refractivity (Wildman–Crippen MR) is 85.7 cm³/mol. The van der Waals surface area contributed by atoms with E-state index in [9.17, 15) is 0 Å². The highest BCUT2D eigenvalue weighted by atomic mass is 16.5. The van der Waals surface area contributed by atoms with E-state index in [0.717, 1.165) is 13.0 Å². The summed E-state index contributed by atoms with van der Waals surface area (Å²) >= 11 is 0. The summed E-state index contributed by atoms with van der Waals surface area (Å²) in [6.07, 6.45) is 0.907. The van der Waals surface area contributed by atoms with Crippen molar-refractivity contribution in [2.24, 2.45) is 0 Å². The van der Waals surface area contributed by atoms with Crippen molar-refractivity contribution in [3.05, 3.63) is 59.7 Å². The Bertz CT molecular complexity index is 631. The maximum absolute atomic E-state index is 9.00. The van der Waals surface area contributed by atoms with Crippen molar-refractivity contribution in [2.75, 3.05) is 25.1 Å². The Labute approximate surface area is 126 Å². The summed E-state index contributed by atoms with van der Waals surface area (Å²) in [5, 5.41) is 9.00. The Kier molecular flexibility index (Phi) is 5.22. The van der Waals surface area contributed by atoms with Crippen molar-refractivity contribution in [3.8, 4) is 11.8 Å². The van der Waals surface area contributed by atoms with Gasteiger partial charge in [-0.15, -0.1) is 0 Å². The van der Waals surface area contributed by atoms with Gasteiger partial charge in [0.2, 0.25) is 0 Å². The molecule has 0 aliphatic heterocycles. The van der Waals surface area contributed by atoms with E-state index in [0.29, 0.717) is 17.9 Å². The Hall–Kier alpha value is -2.47. The molecule has 108 valence electrons. The molecule has 0 fully saturated rings. The number of ether oxygens (including phenoxy) is 1. The summed E-state index contributed by atoms with van der Waals surface area (Å²) in [7, 11) is 2.09. The van der Waals surface area contributed by atoms with Gasteiger partial charge in [-0.2, -0.15) is 5.26 Å².